The Morgan fingerprint density at radius 1 is 1.32 bits per heavy atom. The Morgan fingerprint density at radius 3 is 2.73 bits per heavy atom. The maximum absolute atomic E-state index is 12.3. The smallest absolute Gasteiger partial charge is 0.321 e. The van der Waals surface area contributed by atoms with Gasteiger partial charge in [0.05, 0.1) is 19.8 Å². The zero-order valence-electron chi connectivity index (χ0n) is 12.8. The molecule has 2 amide bonds. The molecule has 0 bridgehead atoms. The van der Waals surface area contributed by atoms with Crippen LogP contribution in [0.2, 0.25) is 0 Å². The van der Waals surface area contributed by atoms with Crippen LogP contribution in [-0.4, -0.2) is 49.6 Å². The average molecular weight is 306 g/mol. The van der Waals surface area contributed by atoms with Crippen molar-refractivity contribution in [3.63, 3.8) is 0 Å². The van der Waals surface area contributed by atoms with Crippen LogP contribution in [0.4, 0.5) is 10.5 Å². The van der Waals surface area contributed by atoms with Crippen LogP contribution >= 0.6 is 0 Å². The average Bonchev–Trinajstić information content (AvgIpc) is 2.97. The van der Waals surface area contributed by atoms with E-state index in [0.717, 1.165) is 24.3 Å². The van der Waals surface area contributed by atoms with Crippen LogP contribution in [-0.2, 0) is 9.47 Å². The van der Waals surface area contributed by atoms with Crippen LogP contribution < -0.4 is 10.1 Å². The van der Waals surface area contributed by atoms with Crippen LogP contribution in [0.1, 0.15) is 19.8 Å². The van der Waals surface area contributed by atoms with Crippen LogP contribution in [0, 0.1) is 0 Å². The fraction of sp³-hybridized carbons (Fsp3) is 0.562. The van der Waals surface area contributed by atoms with E-state index in [4.69, 9.17) is 14.2 Å². The number of carbonyl (C=O) groups is 1. The van der Waals surface area contributed by atoms with Crippen LogP contribution in [0.3, 0.4) is 0 Å². The van der Waals surface area contributed by atoms with E-state index in [2.05, 4.69) is 5.32 Å². The zero-order valence-corrected chi connectivity index (χ0v) is 12.8. The molecule has 0 saturated carbocycles. The van der Waals surface area contributed by atoms with Crippen molar-refractivity contribution < 1.29 is 19.0 Å². The molecule has 2 heterocycles. The van der Waals surface area contributed by atoms with Crippen molar-refractivity contribution in [3.05, 3.63) is 24.3 Å². The molecule has 1 aromatic rings. The Hall–Kier alpha value is -1.79. The van der Waals surface area contributed by atoms with E-state index in [1.165, 1.54) is 0 Å². The van der Waals surface area contributed by atoms with E-state index in [9.17, 15) is 4.79 Å². The lowest BCUT2D eigenvalue weighted by molar-refractivity contribution is -0.181. The number of ether oxygens (including phenoxy) is 3. The lowest BCUT2D eigenvalue weighted by Gasteiger charge is -2.37. The molecule has 0 aliphatic carbocycles. The number of urea groups is 1. The number of hydrogen-bond donors (Lipinski definition) is 1. The molecule has 22 heavy (non-hydrogen) atoms. The van der Waals surface area contributed by atoms with Crippen molar-refractivity contribution in [3.8, 4) is 5.75 Å². The maximum atomic E-state index is 12.3. The third kappa shape index (κ3) is 3.34. The van der Waals surface area contributed by atoms with Gasteiger partial charge in [-0.15, -0.1) is 0 Å². The molecule has 0 unspecified atom stereocenters. The number of likely N-dealkylation sites (tertiary alicyclic amines) is 1. The van der Waals surface area contributed by atoms with Crippen molar-refractivity contribution in [2.75, 3.05) is 38.2 Å². The number of benzene rings is 1. The molecule has 1 spiro atoms. The van der Waals surface area contributed by atoms with Crippen molar-refractivity contribution in [1.82, 2.24) is 4.90 Å². The third-order valence-corrected chi connectivity index (χ3v) is 4.02. The summed E-state index contributed by atoms with van der Waals surface area (Å²) in [6.45, 7) is 5.11. The Bertz CT molecular complexity index is 519. The summed E-state index contributed by atoms with van der Waals surface area (Å²) < 4.78 is 16.8. The molecule has 0 atom stereocenters. The summed E-state index contributed by atoms with van der Waals surface area (Å²) in [6.07, 6.45) is 1.44. The summed E-state index contributed by atoms with van der Waals surface area (Å²) in [5.41, 5.74) is 0.740. The van der Waals surface area contributed by atoms with Crippen molar-refractivity contribution in [2.45, 2.75) is 25.6 Å². The summed E-state index contributed by atoms with van der Waals surface area (Å²) in [5.74, 6) is 0.303. The predicted molar refractivity (Wildman–Crippen MR) is 82.1 cm³/mol. The number of nitrogens with one attached hydrogen (secondary N) is 1. The van der Waals surface area contributed by atoms with Gasteiger partial charge in [0.1, 0.15) is 5.75 Å². The largest absolute Gasteiger partial charge is 0.494 e. The highest BCUT2D eigenvalue weighted by Crippen LogP contribution is 2.31. The molecule has 0 radical (unpaired) electrons. The monoisotopic (exact) mass is 306 g/mol. The fourth-order valence-electron chi connectivity index (χ4n) is 2.87. The van der Waals surface area contributed by atoms with E-state index in [1.807, 2.05) is 31.2 Å². The number of anilines is 1. The Kier molecular flexibility index (Phi) is 4.49. The van der Waals surface area contributed by atoms with Crippen LogP contribution in [0.5, 0.6) is 5.75 Å². The topological polar surface area (TPSA) is 60.0 Å². The minimum Gasteiger partial charge on any atom is -0.494 e. The zero-order chi connectivity index (χ0) is 15.4. The molecule has 2 saturated heterocycles. The number of rotatable bonds is 3. The minimum absolute atomic E-state index is 0.0958. The molecule has 2 fully saturated rings. The van der Waals surface area contributed by atoms with Gasteiger partial charge in [0, 0.05) is 37.7 Å². The molecule has 3 rings (SSSR count). The van der Waals surface area contributed by atoms with E-state index < -0.39 is 5.79 Å². The van der Waals surface area contributed by atoms with Gasteiger partial charge < -0.3 is 24.4 Å². The molecule has 6 heteroatoms. The summed E-state index contributed by atoms with van der Waals surface area (Å²) in [6, 6.07) is 7.33. The summed E-state index contributed by atoms with van der Waals surface area (Å²) >= 11 is 0. The predicted octanol–water partition coefficient (Wildman–Crippen LogP) is 2.46. The number of amides is 2. The third-order valence-electron chi connectivity index (χ3n) is 4.02. The molecule has 0 aromatic heterocycles. The van der Waals surface area contributed by atoms with Crippen molar-refractivity contribution in [2.24, 2.45) is 0 Å². The van der Waals surface area contributed by atoms with Gasteiger partial charge in [0.15, 0.2) is 5.79 Å². The first kappa shape index (κ1) is 15.1. The number of piperidine rings is 1. The number of carbonyl (C=O) groups excluding carboxylic acids is 1. The van der Waals surface area contributed by atoms with Gasteiger partial charge in [-0.2, -0.15) is 0 Å². The summed E-state index contributed by atoms with van der Waals surface area (Å²) in [5, 5.41) is 2.91. The Morgan fingerprint density at radius 2 is 2.05 bits per heavy atom. The Labute approximate surface area is 130 Å². The van der Waals surface area contributed by atoms with E-state index in [0.29, 0.717) is 32.9 Å². The summed E-state index contributed by atoms with van der Waals surface area (Å²) in [4.78, 5) is 14.1. The quantitative estimate of drug-likeness (QED) is 0.932. The van der Waals surface area contributed by atoms with Crippen LogP contribution in [0.25, 0.3) is 0 Å². The number of hydrogen-bond acceptors (Lipinski definition) is 4. The molecule has 1 N–H and O–H groups in total. The first-order valence-corrected chi connectivity index (χ1v) is 7.77. The van der Waals surface area contributed by atoms with Gasteiger partial charge in [-0.25, -0.2) is 4.79 Å². The normalized spacial score (nSPS) is 20.1. The first-order chi connectivity index (χ1) is 10.7. The van der Waals surface area contributed by atoms with E-state index in [-0.39, 0.29) is 6.03 Å². The number of nitrogens with zero attached hydrogens (tertiary/aromatic N) is 1. The van der Waals surface area contributed by atoms with Crippen molar-refractivity contribution >= 4 is 11.7 Å². The SMILES string of the molecule is CCOc1cccc(NC(=O)N2CCC3(CC2)OCCO3)c1. The maximum Gasteiger partial charge on any atom is 0.321 e. The van der Waals surface area contributed by atoms with Gasteiger partial charge in [-0.3, -0.25) is 0 Å². The van der Waals surface area contributed by atoms with E-state index >= 15 is 0 Å². The van der Waals surface area contributed by atoms with Gasteiger partial charge >= 0.3 is 6.03 Å². The standard InChI is InChI=1S/C16H22N2O4/c1-2-20-14-5-3-4-13(12-14)17-15(19)18-8-6-16(7-9-18)21-10-11-22-16/h3-5,12H,2,6-11H2,1H3,(H,17,19). The van der Waals surface area contributed by atoms with Gasteiger partial charge in [-0.05, 0) is 19.1 Å². The molecule has 120 valence electrons. The molecule has 2 aliphatic rings. The first-order valence-electron chi connectivity index (χ1n) is 7.77. The Balaban J connectivity index is 1.55. The second kappa shape index (κ2) is 6.54. The molecule has 1 aromatic carbocycles. The lowest BCUT2D eigenvalue weighted by atomic mass is 10.0. The van der Waals surface area contributed by atoms with Gasteiger partial charge in [-0.1, -0.05) is 6.07 Å². The van der Waals surface area contributed by atoms with Gasteiger partial charge in [0.25, 0.3) is 0 Å². The highest BCUT2D eigenvalue weighted by molar-refractivity contribution is 5.89. The molecule has 2 aliphatic heterocycles. The fourth-order valence-corrected chi connectivity index (χ4v) is 2.87. The second-order valence-electron chi connectivity index (χ2n) is 5.49. The molecule has 6 nitrogen and oxygen atoms in total. The van der Waals surface area contributed by atoms with Crippen molar-refractivity contribution in [1.29, 1.82) is 0 Å². The summed E-state index contributed by atoms with van der Waals surface area (Å²) in [7, 11) is 0. The lowest BCUT2D eigenvalue weighted by Crippen LogP contribution is -2.48. The second-order valence-corrected chi connectivity index (χ2v) is 5.49. The molecular formula is C16H22N2O4. The van der Waals surface area contributed by atoms with Gasteiger partial charge in [0.2, 0.25) is 0 Å². The highest BCUT2D eigenvalue weighted by Gasteiger charge is 2.40. The highest BCUT2D eigenvalue weighted by atomic mass is 16.7. The van der Waals surface area contributed by atoms with E-state index in [1.54, 1.807) is 4.90 Å². The minimum atomic E-state index is -0.453. The van der Waals surface area contributed by atoms with Crippen LogP contribution in [0.15, 0.2) is 24.3 Å². The molecular weight excluding hydrogens is 284 g/mol.